The summed E-state index contributed by atoms with van der Waals surface area (Å²) in [4.78, 5) is 0. The zero-order valence-electron chi connectivity index (χ0n) is 9.83. The van der Waals surface area contributed by atoms with Crippen molar-refractivity contribution in [3.05, 3.63) is 35.9 Å². The Labute approximate surface area is 92.1 Å². The van der Waals surface area contributed by atoms with Crippen molar-refractivity contribution in [2.45, 2.75) is 33.3 Å². The molecule has 1 rings (SSSR count). The van der Waals surface area contributed by atoms with E-state index >= 15 is 0 Å². The molecule has 0 saturated carbocycles. The monoisotopic (exact) mass is 202 g/mol. The molecular formula is C14H18O. The molecule has 15 heavy (non-hydrogen) atoms. The quantitative estimate of drug-likeness (QED) is 0.641. The Bertz CT molecular complexity index is 371. The van der Waals surface area contributed by atoms with Crippen molar-refractivity contribution in [3.8, 4) is 11.8 Å². The van der Waals surface area contributed by atoms with Crippen LogP contribution in [-0.2, 0) is 0 Å². The van der Waals surface area contributed by atoms with Gasteiger partial charge in [0, 0.05) is 11.0 Å². The average molecular weight is 202 g/mol. The van der Waals surface area contributed by atoms with Gasteiger partial charge < -0.3 is 5.11 Å². The van der Waals surface area contributed by atoms with E-state index in [-0.39, 0.29) is 5.41 Å². The van der Waals surface area contributed by atoms with Gasteiger partial charge in [-0.05, 0) is 19.1 Å². The van der Waals surface area contributed by atoms with E-state index in [4.69, 9.17) is 0 Å². The van der Waals surface area contributed by atoms with Gasteiger partial charge in [0.25, 0.3) is 0 Å². The molecule has 0 spiro atoms. The number of rotatable bonds is 0. The molecule has 80 valence electrons. The Morgan fingerprint density at radius 2 is 1.53 bits per heavy atom. The number of benzene rings is 1. The lowest BCUT2D eigenvalue weighted by Gasteiger charge is -2.32. The van der Waals surface area contributed by atoms with E-state index in [0.29, 0.717) is 0 Å². The molecule has 0 aliphatic rings. The first-order valence-electron chi connectivity index (χ1n) is 5.13. The third-order valence-electron chi connectivity index (χ3n) is 2.68. The van der Waals surface area contributed by atoms with Gasteiger partial charge in [0.15, 0.2) is 0 Å². The van der Waals surface area contributed by atoms with Crippen molar-refractivity contribution >= 4 is 0 Å². The average Bonchev–Trinajstić information content (AvgIpc) is 2.15. The second kappa shape index (κ2) is 4.08. The number of aliphatic hydroxyl groups is 1. The van der Waals surface area contributed by atoms with Crippen molar-refractivity contribution in [2.75, 3.05) is 0 Å². The summed E-state index contributed by atoms with van der Waals surface area (Å²) in [5.74, 6) is 5.91. The minimum absolute atomic E-state index is 0.241. The molecular weight excluding hydrogens is 184 g/mol. The molecule has 1 aromatic rings. The zero-order valence-corrected chi connectivity index (χ0v) is 9.83. The molecule has 0 aromatic heterocycles. The topological polar surface area (TPSA) is 20.2 Å². The van der Waals surface area contributed by atoms with Crippen molar-refractivity contribution < 1.29 is 5.11 Å². The third-order valence-corrected chi connectivity index (χ3v) is 2.68. The second-order valence-electron chi connectivity index (χ2n) is 4.94. The molecule has 0 aliphatic heterocycles. The number of hydrogen-bond acceptors (Lipinski definition) is 1. The van der Waals surface area contributed by atoms with Gasteiger partial charge in [-0.15, -0.1) is 0 Å². The smallest absolute Gasteiger partial charge is 0.127 e. The van der Waals surface area contributed by atoms with Crippen molar-refractivity contribution in [2.24, 2.45) is 5.41 Å². The molecule has 1 nitrogen and oxygen atoms in total. The van der Waals surface area contributed by atoms with E-state index in [1.165, 1.54) is 0 Å². The lowest BCUT2D eigenvalue weighted by Crippen LogP contribution is -2.38. The minimum atomic E-state index is -0.969. The molecule has 0 aliphatic carbocycles. The Kier molecular flexibility index (Phi) is 3.21. The standard InChI is InChI=1S/C14H18O/c1-13(2,3)14(4,15)11-10-12-8-6-5-7-9-12/h5-9,15H,1-4H3. The van der Waals surface area contributed by atoms with Gasteiger partial charge in [0.2, 0.25) is 0 Å². The van der Waals surface area contributed by atoms with E-state index in [0.717, 1.165) is 5.56 Å². The maximum absolute atomic E-state index is 10.1. The van der Waals surface area contributed by atoms with Crippen LogP contribution in [0.4, 0.5) is 0 Å². The molecule has 0 amide bonds. The first-order chi connectivity index (χ1) is 6.83. The van der Waals surface area contributed by atoms with E-state index in [9.17, 15) is 5.11 Å². The van der Waals surface area contributed by atoms with Crippen LogP contribution in [0.15, 0.2) is 30.3 Å². The summed E-state index contributed by atoms with van der Waals surface area (Å²) in [5, 5.41) is 10.1. The highest BCUT2D eigenvalue weighted by Crippen LogP contribution is 2.29. The predicted molar refractivity (Wildman–Crippen MR) is 63.4 cm³/mol. The molecule has 0 saturated heterocycles. The fourth-order valence-electron chi connectivity index (χ4n) is 0.903. The molecule has 1 N–H and O–H groups in total. The SMILES string of the molecule is CC(C)(C)C(C)(O)C#Cc1ccccc1. The molecule has 1 unspecified atom stereocenters. The molecule has 0 radical (unpaired) electrons. The Morgan fingerprint density at radius 3 is 2.00 bits per heavy atom. The van der Waals surface area contributed by atoms with Gasteiger partial charge in [-0.25, -0.2) is 0 Å². The Balaban J connectivity index is 2.92. The van der Waals surface area contributed by atoms with Crippen molar-refractivity contribution in [1.29, 1.82) is 0 Å². The van der Waals surface area contributed by atoms with Crippen LogP contribution in [0.2, 0.25) is 0 Å². The van der Waals surface area contributed by atoms with Crippen LogP contribution in [0, 0.1) is 17.3 Å². The van der Waals surface area contributed by atoms with Crippen LogP contribution >= 0.6 is 0 Å². The van der Waals surface area contributed by atoms with Crippen LogP contribution < -0.4 is 0 Å². The van der Waals surface area contributed by atoms with Crippen LogP contribution in [-0.4, -0.2) is 10.7 Å². The van der Waals surface area contributed by atoms with E-state index in [1.807, 2.05) is 51.1 Å². The number of hydrogen-bond donors (Lipinski definition) is 1. The molecule has 0 bridgehead atoms. The third kappa shape index (κ3) is 3.11. The molecule has 0 fully saturated rings. The maximum atomic E-state index is 10.1. The summed E-state index contributed by atoms with van der Waals surface area (Å²) in [6.07, 6.45) is 0. The van der Waals surface area contributed by atoms with Gasteiger partial charge in [-0.1, -0.05) is 50.8 Å². The minimum Gasteiger partial charge on any atom is -0.377 e. The van der Waals surface area contributed by atoms with Gasteiger partial charge in [-0.3, -0.25) is 0 Å². The first kappa shape index (κ1) is 11.8. The van der Waals surface area contributed by atoms with E-state index < -0.39 is 5.60 Å². The van der Waals surface area contributed by atoms with Crippen LogP contribution in [0.25, 0.3) is 0 Å². The lowest BCUT2D eigenvalue weighted by atomic mass is 9.78. The summed E-state index contributed by atoms with van der Waals surface area (Å²) >= 11 is 0. The summed E-state index contributed by atoms with van der Waals surface area (Å²) in [6.45, 7) is 7.69. The summed E-state index contributed by atoms with van der Waals surface area (Å²) < 4.78 is 0. The lowest BCUT2D eigenvalue weighted by molar-refractivity contribution is 0.0129. The summed E-state index contributed by atoms with van der Waals surface area (Å²) in [7, 11) is 0. The molecule has 1 heteroatoms. The Hall–Kier alpha value is -1.26. The van der Waals surface area contributed by atoms with E-state index in [1.54, 1.807) is 6.92 Å². The van der Waals surface area contributed by atoms with Crippen molar-refractivity contribution in [3.63, 3.8) is 0 Å². The van der Waals surface area contributed by atoms with Gasteiger partial charge in [0.1, 0.15) is 5.60 Å². The van der Waals surface area contributed by atoms with Crippen LogP contribution in [0.1, 0.15) is 33.3 Å². The molecule has 1 atom stereocenters. The molecule has 0 heterocycles. The van der Waals surface area contributed by atoms with Gasteiger partial charge in [0.05, 0.1) is 0 Å². The Morgan fingerprint density at radius 1 is 1.00 bits per heavy atom. The van der Waals surface area contributed by atoms with Crippen LogP contribution in [0.5, 0.6) is 0 Å². The van der Waals surface area contributed by atoms with Crippen LogP contribution in [0.3, 0.4) is 0 Å². The first-order valence-corrected chi connectivity index (χ1v) is 5.13. The fourth-order valence-corrected chi connectivity index (χ4v) is 0.903. The normalized spacial score (nSPS) is 15.0. The maximum Gasteiger partial charge on any atom is 0.127 e. The molecule has 1 aromatic carbocycles. The summed E-state index contributed by atoms with van der Waals surface area (Å²) in [6, 6.07) is 9.70. The fraction of sp³-hybridized carbons (Fsp3) is 0.429. The highest BCUT2D eigenvalue weighted by Gasteiger charge is 2.33. The van der Waals surface area contributed by atoms with Crippen molar-refractivity contribution in [1.82, 2.24) is 0 Å². The van der Waals surface area contributed by atoms with E-state index in [2.05, 4.69) is 11.8 Å². The largest absolute Gasteiger partial charge is 0.377 e. The highest BCUT2D eigenvalue weighted by molar-refractivity contribution is 5.36. The highest BCUT2D eigenvalue weighted by atomic mass is 16.3. The van der Waals surface area contributed by atoms with Gasteiger partial charge >= 0.3 is 0 Å². The second-order valence-corrected chi connectivity index (χ2v) is 4.94. The van der Waals surface area contributed by atoms with Gasteiger partial charge in [-0.2, -0.15) is 0 Å². The summed E-state index contributed by atoms with van der Waals surface area (Å²) in [5.41, 5.74) is -0.278. The predicted octanol–water partition coefficient (Wildman–Crippen LogP) is 2.84. The zero-order chi connectivity index (χ0) is 11.5.